The van der Waals surface area contributed by atoms with Crippen LogP contribution in [0.4, 0.5) is 15.5 Å². The third kappa shape index (κ3) is 4.47. The van der Waals surface area contributed by atoms with Gasteiger partial charge in [0, 0.05) is 21.2 Å². The van der Waals surface area contributed by atoms with Crippen LogP contribution in [-0.4, -0.2) is 11.8 Å². The van der Waals surface area contributed by atoms with E-state index in [1.165, 1.54) is 11.3 Å². The van der Waals surface area contributed by atoms with Gasteiger partial charge in [-0.2, -0.15) is 0 Å². The molecule has 2 aromatic carbocycles. The molecule has 0 unspecified atom stereocenters. The van der Waals surface area contributed by atoms with Gasteiger partial charge in [0.05, 0.1) is 5.00 Å². The summed E-state index contributed by atoms with van der Waals surface area (Å²) >= 11 is 7.27. The number of benzene rings is 2. The van der Waals surface area contributed by atoms with E-state index in [9.17, 15) is 9.59 Å². The molecule has 0 spiro atoms. The van der Waals surface area contributed by atoms with E-state index in [0.717, 1.165) is 15.4 Å². The highest BCUT2D eigenvalue weighted by atomic mass is 35.5. The van der Waals surface area contributed by atoms with Crippen LogP contribution < -0.4 is 10.6 Å². The van der Waals surface area contributed by atoms with Crippen LogP contribution in [0.1, 0.15) is 17.3 Å². The molecule has 0 aliphatic rings. The summed E-state index contributed by atoms with van der Waals surface area (Å²) in [5.41, 5.74) is 2.28. The Labute approximate surface area is 154 Å². The molecule has 2 amide bonds. The summed E-state index contributed by atoms with van der Waals surface area (Å²) in [7, 11) is 0. The van der Waals surface area contributed by atoms with Crippen LogP contribution in [0.5, 0.6) is 0 Å². The van der Waals surface area contributed by atoms with E-state index in [2.05, 4.69) is 10.6 Å². The second-order valence-electron chi connectivity index (χ2n) is 5.39. The van der Waals surface area contributed by atoms with Crippen molar-refractivity contribution in [2.45, 2.75) is 6.92 Å². The number of carbonyl (C=O) groups excluding carboxylic acids is 2. The molecule has 0 aliphatic carbocycles. The Balaban J connectivity index is 1.69. The lowest BCUT2D eigenvalue weighted by molar-refractivity contribution is 0.101. The number of Topliss-reactive ketones (excluding diaryl/α,β-unsaturated/α-hetero) is 1. The first-order valence-corrected chi connectivity index (χ1v) is 8.75. The van der Waals surface area contributed by atoms with E-state index in [4.69, 9.17) is 11.6 Å². The van der Waals surface area contributed by atoms with Crippen LogP contribution in [0.2, 0.25) is 5.02 Å². The molecule has 1 aromatic heterocycles. The number of urea groups is 1. The van der Waals surface area contributed by atoms with Gasteiger partial charge in [-0.25, -0.2) is 4.79 Å². The van der Waals surface area contributed by atoms with Gasteiger partial charge in [0.1, 0.15) is 0 Å². The monoisotopic (exact) mass is 370 g/mol. The number of nitrogens with one attached hydrogen (secondary N) is 2. The van der Waals surface area contributed by atoms with Gasteiger partial charge in [-0.05, 0) is 55.0 Å². The Kier molecular flexibility index (Phi) is 5.16. The van der Waals surface area contributed by atoms with Gasteiger partial charge in [-0.1, -0.05) is 29.8 Å². The normalized spacial score (nSPS) is 10.3. The summed E-state index contributed by atoms with van der Waals surface area (Å²) in [4.78, 5) is 24.5. The third-order valence-corrected chi connectivity index (χ3v) is 4.80. The second kappa shape index (κ2) is 7.51. The van der Waals surface area contributed by atoms with Gasteiger partial charge in [0.2, 0.25) is 0 Å². The molecule has 0 atom stereocenters. The van der Waals surface area contributed by atoms with Crippen molar-refractivity contribution < 1.29 is 9.59 Å². The number of carbonyl (C=O) groups is 2. The maximum absolute atomic E-state index is 12.1. The van der Waals surface area contributed by atoms with Crippen molar-refractivity contribution in [2.24, 2.45) is 0 Å². The summed E-state index contributed by atoms with van der Waals surface area (Å²) in [6, 6.07) is 17.7. The lowest BCUT2D eigenvalue weighted by atomic mass is 10.1. The summed E-state index contributed by atoms with van der Waals surface area (Å²) < 4.78 is 0. The van der Waals surface area contributed by atoms with Crippen LogP contribution in [0.3, 0.4) is 0 Å². The Morgan fingerprint density at radius 2 is 1.72 bits per heavy atom. The van der Waals surface area contributed by atoms with Crippen molar-refractivity contribution in [3.05, 3.63) is 71.2 Å². The van der Waals surface area contributed by atoms with Gasteiger partial charge in [-0.3, -0.25) is 10.1 Å². The lowest BCUT2D eigenvalue weighted by Crippen LogP contribution is -2.18. The molecular weight excluding hydrogens is 356 g/mol. The highest BCUT2D eigenvalue weighted by Crippen LogP contribution is 2.32. The van der Waals surface area contributed by atoms with Gasteiger partial charge < -0.3 is 5.32 Å². The molecule has 0 aliphatic heterocycles. The van der Waals surface area contributed by atoms with Crippen molar-refractivity contribution in [3.8, 4) is 10.4 Å². The molecule has 0 saturated carbocycles. The van der Waals surface area contributed by atoms with E-state index < -0.39 is 0 Å². The zero-order valence-electron chi connectivity index (χ0n) is 13.4. The number of rotatable bonds is 4. The van der Waals surface area contributed by atoms with Gasteiger partial charge in [0.15, 0.2) is 5.78 Å². The molecule has 4 nitrogen and oxygen atoms in total. The number of halogens is 1. The van der Waals surface area contributed by atoms with Gasteiger partial charge in [-0.15, -0.1) is 11.3 Å². The first-order valence-electron chi connectivity index (χ1n) is 7.56. The first kappa shape index (κ1) is 17.2. The molecule has 126 valence electrons. The number of hydrogen-bond donors (Lipinski definition) is 2. The lowest BCUT2D eigenvalue weighted by Gasteiger charge is -2.06. The number of ketones is 1. The molecule has 25 heavy (non-hydrogen) atoms. The number of anilines is 2. The molecular formula is C19H15ClN2O2S. The van der Waals surface area contributed by atoms with Crippen molar-refractivity contribution in [1.29, 1.82) is 0 Å². The van der Waals surface area contributed by atoms with Crippen molar-refractivity contribution in [3.63, 3.8) is 0 Å². The minimum absolute atomic E-state index is 0.0269. The molecule has 3 aromatic rings. The fourth-order valence-corrected chi connectivity index (χ4v) is 3.28. The first-order chi connectivity index (χ1) is 12.0. The Hall–Kier alpha value is -2.63. The molecule has 0 bridgehead atoms. The number of hydrogen-bond acceptors (Lipinski definition) is 3. The summed E-state index contributed by atoms with van der Waals surface area (Å²) in [5, 5.41) is 6.88. The van der Waals surface area contributed by atoms with Crippen LogP contribution in [-0.2, 0) is 0 Å². The fraction of sp³-hybridized carbons (Fsp3) is 0.0526. The van der Waals surface area contributed by atoms with Crippen molar-refractivity contribution in [1.82, 2.24) is 0 Å². The average Bonchev–Trinajstić information content (AvgIpc) is 3.05. The van der Waals surface area contributed by atoms with Crippen LogP contribution >= 0.6 is 22.9 Å². The minimum atomic E-state index is -0.326. The maximum Gasteiger partial charge on any atom is 0.324 e. The third-order valence-electron chi connectivity index (χ3n) is 3.50. The number of amides is 2. The molecule has 1 heterocycles. The standard InChI is InChI=1S/C19H15ClN2O2S/c1-12(23)13-3-2-4-14(11-13)17-9-10-18(25-17)22-19(24)21-16-7-5-15(20)6-8-16/h2-11H,1H3,(H2,21,22,24). The molecule has 0 radical (unpaired) electrons. The average molecular weight is 371 g/mol. The minimum Gasteiger partial charge on any atom is -0.308 e. The van der Waals surface area contributed by atoms with Crippen LogP contribution in [0, 0.1) is 0 Å². The topological polar surface area (TPSA) is 58.2 Å². The van der Waals surface area contributed by atoms with Gasteiger partial charge in [0.25, 0.3) is 0 Å². The SMILES string of the molecule is CC(=O)c1cccc(-c2ccc(NC(=O)Nc3ccc(Cl)cc3)s2)c1. The zero-order chi connectivity index (χ0) is 17.8. The summed E-state index contributed by atoms with van der Waals surface area (Å²) in [5.74, 6) is 0.0269. The molecule has 6 heteroatoms. The Morgan fingerprint density at radius 3 is 2.44 bits per heavy atom. The van der Waals surface area contributed by atoms with E-state index in [1.54, 1.807) is 37.3 Å². The largest absolute Gasteiger partial charge is 0.324 e. The summed E-state index contributed by atoms with van der Waals surface area (Å²) in [6.45, 7) is 1.54. The molecule has 2 N–H and O–H groups in total. The molecule has 0 saturated heterocycles. The van der Waals surface area contributed by atoms with Crippen LogP contribution in [0.25, 0.3) is 10.4 Å². The van der Waals surface area contributed by atoms with Gasteiger partial charge >= 0.3 is 6.03 Å². The highest BCUT2D eigenvalue weighted by Gasteiger charge is 2.08. The Morgan fingerprint density at radius 1 is 0.960 bits per heavy atom. The predicted octanol–water partition coefficient (Wildman–Crippen LogP) is 5.92. The zero-order valence-corrected chi connectivity index (χ0v) is 14.9. The molecule has 0 fully saturated rings. The Bertz CT molecular complexity index is 919. The van der Waals surface area contributed by atoms with E-state index in [0.29, 0.717) is 16.3 Å². The van der Waals surface area contributed by atoms with E-state index in [1.807, 2.05) is 30.3 Å². The van der Waals surface area contributed by atoms with E-state index in [-0.39, 0.29) is 11.8 Å². The molecule has 3 rings (SSSR count). The highest BCUT2D eigenvalue weighted by molar-refractivity contribution is 7.19. The predicted molar refractivity (Wildman–Crippen MR) is 104 cm³/mol. The fourth-order valence-electron chi connectivity index (χ4n) is 2.26. The smallest absolute Gasteiger partial charge is 0.308 e. The van der Waals surface area contributed by atoms with Crippen molar-refractivity contribution in [2.75, 3.05) is 10.6 Å². The van der Waals surface area contributed by atoms with Crippen LogP contribution in [0.15, 0.2) is 60.7 Å². The maximum atomic E-state index is 12.1. The number of thiophene rings is 1. The second-order valence-corrected chi connectivity index (χ2v) is 6.91. The quantitative estimate of drug-likeness (QED) is 0.560. The van der Waals surface area contributed by atoms with E-state index >= 15 is 0 Å². The van der Waals surface area contributed by atoms with Crippen molar-refractivity contribution >= 4 is 45.4 Å². The summed E-state index contributed by atoms with van der Waals surface area (Å²) in [6.07, 6.45) is 0.